The van der Waals surface area contributed by atoms with E-state index < -0.39 is 0 Å². The highest BCUT2D eigenvalue weighted by molar-refractivity contribution is 6.03. The summed E-state index contributed by atoms with van der Waals surface area (Å²) < 4.78 is 0. The summed E-state index contributed by atoms with van der Waals surface area (Å²) in [6, 6.07) is 8.38. The van der Waals surface area contributed by atoms with E-state index in [2.05, 4.69) is 13.0 Å². The van der Waals surface area contributed by atoms with Gasteiger partial charge in [0.05, 0.1) is 0 Å². The molecule has 2 rings (SSSR count). The minimum Gasteiger partial charge on any atom is -0.306 e. The Labute approximate surface area is 90.2 Å². The van der Waals surface area contributed by atoms with E-state index in [1.54, 1.807) is 12.2 Å². The van der Waals surface area contributed by atoms with Gasteiger partial charge in [-0.15, -0.1) is 0 Å². The quantitative estimate of drug-likeness (QED) is 0.639. The highest BCUT2D eigenvalue weighted by atomic mass is 16.2. The Bertz CT molecular complexity index is 409. The number of carbonyl (C=O) groups excluding carboxylic acids is 1. The molecule has 1 heterocycles. The molecule has 0 saturated heterocycles. The number of allylic oxidation sites excluding steroid dienone is 1. The molecule has 0 saturated carbocycles. The zero-order chi connectivity index (χ0) is 10.8. The van der Waals surface area contributed by atoms with E-state index in [1.807, 2.05) is 30.0 Å². The van der Waals surface area contributed by atoms with Crippen molar-refractivity contribution in [3.05, 3.63) is 42.0 Å². The van der Waals surface area contributed by atoms with E-state index in [1.165, 1.54) is 5.56 Å². The second-order valence-corrected chi connectivity index (χ2v) is 3.89. The van der Waals surface area contributed by atoms with Crippen molar-refractivity contribution in [3.63, 3.8) is 0 Å². The monoisotopic (exact) mass is 201 g/mol. The summed E-state index contributed by atoms with van der Waals surface area (Å²) in [7, 11) is 0. The van der Waals surface area contributed by atoms with Crippen molar-refractivity contribution in [1.82, 2.24) is 0 Å². The molecule has 78 valence electrons. The smallest absolute Gasteiger partial charge is 0.250 e. The topological polar surface area (TPSA) is 20.3 Å². The van der Waals surface area contributed by atoms with Crippen LogP contribution in [0.5, 0.6) is 0 Å². The second-order valence-electron chi connectivity index (χ2n) is 3.89. The Hall–Kier alpha value is -1.57. The number of nitrogens with zero attached hydrogens (tertiary/aromatic N) is 1. The van der Waals surface area contributed by atoms with Crippen LogP contribution in [-0.4, -0.2) is 11.9 Å². The fourth-order valence-corrected chi connectivity index (χ4v) is 2.12. The van der Waals surface area contributed by atoms with Gasteiger partial charge in [0.2, 0.25) is 0 Å². The molecular formula is C13H15NO. The molecule has 0 aliphatic carbocycles. The number of hydrogen-bond donors (Lipinski definition) is 0. The van der Waals surface area contributed by atoms with Crippen LogP contribution in [0.15, 0.2) is 36.4 Å². The largest absolute Gasteiger partial charge is 0.306 e. The van der Waals surface area contributed by atoms with E-state index in [9.17, 15) is 4.79 Å². The summed E-state index contributed by atoms with van der Waals surface area (Å²) in [5, 5.41) is 0. The normalized spacial score (nSPS) is 19.6. The van der Waals surface area contributed by atoms with Crippen molar-refractivity contribution in [1.29, 1.82) is 0 Å². The number of carbonyl (C=O) groups is 1. The molecule has 0 aromatic heterocycles. The van der Waals surface area contributed by atoms with Gasteiger partial charge in [-0.05, 0) is 38.0 Å². The minimum atomic E-state index is 0.0787. The summed E-state index contributed by atoms with van der Waals surface area (Å²) in [5.41, 5.74) is 2.33. The predicted molar refractivity (Wildman–Crippen MR) is 61.9 cm³/mol. The molecule has 2 heteroatoms. The van der Waals surface area contributed by atoms with E-state index in [4.69, 9.17) is 0 Å². The predicted octanol–water partition coefficient (Wildman–Crippen LogP) is 2.54. The third kappa shape index (κ3) is 1.67. The van der Waals surface area contributed by atoms with Gasteiger partial charge in [0.15, 0.2) is 0 Å². The molecule has 1 aromatic carbocycles. The number of amides is 1. The van der Waals surface area contributed by atoms with Gasteiger partial charge in [-0.25, -0.2) is 0 Å². The van der Waals surface area contributed by atoms with Crippen LogP contribution in [0.1, 0.15) is 19.4 Å². The first-order chi connectivity index (χ1) is 7.24. The number of rotatable bonds is 1. The number of benzene rings is 1. The van der Waals surface area contributed by atoms with Gasteiger partial charge in [-0.3, -0.25) is 4.79 Å². The van der Waals surface area contributed by atoms with Crippen LogP contribution in [0.25, 0.3) is 0 Å². The third-order valence-electron chi connectivity index (χ3n) is 2.75. The fraction of sp³-hybridized carbons (Fsp3) is 0.308. The summed E-state index contributed by atoms with van der Waals surface area (Å²) in [6.07, 6.45) is 4.37. The number of anilines is 1. The molecule has 0 fully saturated rings. The lowest BCUT2D eigenvalue weighted by atomic mass is 10.1. The van der Waals surface area contributed by atoms with Crippen molar-refractivity contribution >= 4 is 11.6 Å². The lowest BCUT2D eigenvalue weighted by molar-refractivity contribution is -0.114. The van der Waals surface area contributed by atoms with Crippen LogP contribution in [0.2, 0.25) is 0 Å². The lowest BCUT2D eigenvalue weighted by Crippen LogP contribution is -2.34. The van der Waals surface area contributed by atoms with Crippen LogP contribution >= 0.6 is 0 Å². The van der Waals surface area contributed by atoms with Crippen LogP contribution in [-0.2, 0) is 11.2 Å². The lowest BCUT2D eigenvalue weighted by Gasteiger charge is -2.20. The number of para-hydroxylation sites is 1. The van der Waals surface area contributed by atoms with Crippen molar-refractivity contribution in [3.8, 4) is 0 Å². The molecule has 1 aliphatic heterocycles. The van der Waals surface area contributed by atoms with Crippen LogP contribution in [0, 0.1) is 0 Å². The van der Waals surface area contributed by atoms with Gasteiger partial charge in [0.1, 0.15) is 0 Å². The molecule has 0 N–H and O–H groups in total. The summed E-state index contributed by atoms with van der Waals surface area (Å²) >= 11 is 0. The average molecular weight is 201 g/mol. The van der Waals surface area contributed by atoms with Crippen molar-refractivity contribution in [2.75, 3.05) is 4.90 Å². The summed E-state index contributed by atoms with van der Waals surface area (Å²) in [4.78, 5) is 13.7. The van der Waals surface area contributed by atoms with Gasteiger partial charge < -0.3 is 4.90 Å². The maximum Gasteiger partial charge on any atom is 0.250 e. The van der Waals surface area contributed by atoms with Crippen LogP contribution < -0.4 is 4.90 Å². The van der Waals surface area contributed by atoms with Gasteiger partial charge in [0, 0.05) is 11.7 Å². The molecular weight excluding hydrogens is 186 g/mol. The highest BCUT2D eigenvalue weighted by Gasteiger charge is 2.28. The molecule has 1 amide bonds. The minimum absolute atomic E-state index is 0.0787. The third-order valence-corrected chi connectivity index (χ3v) is 2.75. The van der Waals surface area contributed by atoms with Crippen molar-refractivity contribution in [2.45, 2.75) is 26.3 Å². The van der Waals surface area contributed by atoms with E-state index in [-0.39, 0.29) is 11.9 Å². The van der Waals surface area contributed by atoms with Crippen LogP contribution in [0.3, 0.4) is 0 Å². The Kier molecular flexibility index (Phi) is 2.58. The molecule has 1 aromatic rings. The molecule has 0 bridgehead atoms. The van der Waals surface area contributed by atoms with Gasteiger partial charge in [0.25, 0.3) is 5.91 Å². The first kappa shape index (κ1) is 9.97. The van der Waals surface area contributed by atoms with Crippen molar-refractivity contribution < 1.29 is 4.79 Å². The molecule has 1 aliphatic rings. The first-order valence-electron chi connectivity index (χ1n) is 5.28. The molecule has 2 nitrogen and oxygen atoms in total. The second kappa shape index (κ2) is 3.89. The first-order valence-corrected chi connectivity index (χ1v) is 5.28. The zero-order valence-electron chi connectivity index (χ0n) is 9.10. The molecule has 1 unspecified atom stereocenters. The highest BCUT2D eigenvalue weighted by Crippen LogP contribution is 2.31. The Morgan fingerprint density at radius 2 is 2.20 bits per heavy atom. The number of hydrogen-bond acceptors (Lipinski definition) is 1. The van der Waals surface area contributed by atoms with E-state index in [0.29, 0.717) is 0 Å². The molecule has 0 radical (unpaired) electrons. The van der Waals surface area contributed by atoms with Gasteiger partial charge >= 0.3 is 0 Å². The van der Waals surface area contributed by atoms with Crippen LogP contribution in [0.4, 0.5) is 5.69 Å². The SMILES string of the molecule is C/C=C/C(=O)N1c2ccccc2CC1C. The van der Waals surface area contributed by atoms with Gasteiger partial charge in [-0.2, -0.15) is 0 Å². The Morgan fingerprint density at radius 1 is 1.47 bits per heavy atom. The van der Waals surface area contributed by atoms with E-state index in [0.717, 1.165) is 12.1 Å². The Balaban J connectivity index is 2.37. The maximum atomic E-state index is 11.9. The van der Waals surface area contributed by atoms with Gasteiger partial charge in [-0.1, -0.05) is 24.3 Å². The molecule has 15 heavy (non-hydrogen) atoms. The summed E-state index contributed by atoms with van der Waals surface area (Å²) in [5.74, 6) is 0.0787. The number of fused-ring (bicyclic) bond motifs is 1. The standard InChI is InChI=1S/C13H15NO/c1-3-6-13(15)14-10(2)9-11-7-4-5-8-12(11)14/h3-8,10H,9H2,1-2H3/b6-3+. The molecule has 0 spiro atoms. The maximum absolute atomic E-state index is 11.9. The van der Waals surface area contributed by atoms with E-state index >= 15 is 0 Å². The molecule has 1 atom stereocenters. The average Bonchev–Trinajstić information content (AvgIpc) is 2.54. The Morgan fingerprint density at radius 3 is 2.93 bits per heavy atom. The zero-order valence-corrected chi connectivity index (χ0v) is 9.10. The van der Waals surface area contributed by atoms with Crippen molar-refractivity contribution in [2.24, 2.45) is 0 Å². The summed E-state index contributed by atoms with van der Waals surface area (Å²) in [6.45, 7) is 3.95. The fourth-order valence-electron chi connectivity index (χ4n) is 2.12.